The fourth-order valence-corrected chi connectivity index (χ4v) is 5.30. The lowest BCUT2D eigenvalue weighted by atomic mass is 9.96. The van der Waals surface area contributed by atoms with Gasteiger partial charge < -0.3 is 20.1 Å². The number of nitrogens with zero attached hydrogens (tertiary/aromatic N) is 4. The summed E-state index contributed by atoms with van der Waals surface area (Å²) in [7, 11) is 0. The van der Waals surface area contributed by atoms with Gasteiger partial charge in [-0.25, -0.2) is 4.98 Å². The molecule has 2 N–H and O–H groups in total. The molecule has 0 aliphatic heterocycles. The van der Waals surface area contributed by atoms with Gasteiger partial charge in [0.15, 0.2) is 5.11 Å². The SMILES string of the molecule is N#Cc1ccc(Cn2cncc2CC(=O)NCCN(Cc2ccccc2C(F)(F)F)C(=S)NC2CCCCC2)cc1. The number of hydrogen-bond donors (Lipinski definition) is 2. The summed E-state index contributed by atoms with van der Waals surface area (Å²) >= 11 is 5.65. The van der Waals surface area contributed by atoms with Crippen molar-refractivity contribution in [3.63, 3.8) is 0 Å². The largest absolute Gasteiger partial charge is 0.416 e. The van der Waals surface area contributed by atoms with Crippen LogP contribution in [0.3, 0.4) is 0 Å². The van der Waals surface area contributed by atoms with Crippen LogP contribution in [0.15, 0.2) is 61.1 Å². The third-order valence-electron chi connectivity index (χ3n) is 7.18. The number of halogens is 3. The number of rotatable bonds is 10. The van der Waals surface area contributed by atoms with Gasteiger partial charge in [0.2, 0.25) is 5.91 Å². The number of thiocarbonyl (C=S) groups is 1. The molecule has 1 amide bonds. The summed E-state index contributed by atoms with van der Waals surface area (Å²) in [6, 6.07) is 15.0. The Morgan fingerprint density at radius 1 is 1.12 bits per heavy atom. The third kappa shape index (κ3) is 8.79. The highest BCUT2D eigenvalue weighted by atomic mass is 32.1. The molecule has 0 radical (unpaired) electrons. The summed E-state index contributed by atoms with van der Waals surface area (Å²) in [5.41, 5.74) is 1.70. The number of carbonyl (C=O) groups excluding carboxylic acids is 1. The van der Waals surface area contributed by atoms with Gasteiger partial charge in [-0.05, 0) is 54.4 Å². The Bertz CT molecular complexity index is 1360. The Labute approximate surface area is 243 Å². The van der Waals surface area contributed by atoms with Gasteiger partial charge in [0.05, 0.1) is 29.9 Å². The van der Waals surface area contributed by atoms with E-state index in [0.717, 1.165) is 43.0 Å². The minimum absolute atomic E-state index is 0.0263. The fraction of sp³-hybridized carbons (Fsp3) is 0.400. The molecule has 7 nitrogen and oxygen atoms in total. The van der Waals surface area contributed by atoms with Crippen molar-refractivity contribution < 1.29 is 18.0 Å². The second-order valence-electron chi connectivity index (χ2n) is 10.2. The van der Waals surface area contributed by atoms with Gasteiger partial charge in [0.1, 0.15) is 0 Å². The van der Waals surface area contributed by atoms with Crippen molar-refractivity contribution in [1.82, 2.24) is 25.1 Å². The molecule has 1 saturated carbocycles. The van der Waals surface area contributed by atoms with Crippen LogP contribution in [0.4, 0.5) is 13.2 Å². The Hall–Kier alpha value is -3.91. The molecule has 0 spiro atoms. The molecule has 1 aliphatic rings. The Morgan fingerprint density at radius 2 is 1.85 bits per heavy atom. The van der Waals surface area contributed by atoms with Crippen molar-refractivity contribution >= 4 is 23.2 Å². The van der Waals surface area contributed by atoms with Crippen LogP contribution >= 0.6 is 12.2 Å². The van der Waals surface area contributed by atoms with E-state index in [2.05, 4.69) is 21.7 Å². The van der Waals surface area contributed by atoms with E-state index in [4.69, 9.17) is 17.5 Å². The van der Waals surface area contributed by atoms with Gasteiger partial charge in [-0.1, -0.05) is 49.6 Å². The molecular formula is C30H33F3N6OS. The number of benzene rings is 2. The summed E-state index contributed by atoms with van der Waals surface area (Å²) in [5, 5.41) is 15.6. The molecule has 2 aromatic carbocycles. The number of hydrogen-bond acceptors (Lipinski definition) is 4. The van der Waals surface area contributed by atoms with Gasteiger partial charge in [-0.3, -0.25) is 4.79 Å². The summed E-state index contributed by atoms with van der Waals surface area (Å²) in [6.45, 7) is 0.938. The predicted octanol–water partition coefficient (Wildman–Crippen LogP) is 5.19. The van der Waals surface area contributed by atoms with Crippen LogP contribution < -0.4 is 10.6 Å². The standard InChI is InChI=1S/C30H33F3N6OS/c31-30(32,33)27-9-5-4-6-24(27)20-38(29(41)37-25-7-2-1-3-8-25)15-14-36-28(40)16-26-18-35-21-39(26)19-23-12-10-22(17-34)11-13-23/h4-6,9-13,18,21,25H,1-3,7-8,14-16,19-20H2,(H,36,40)(H,37,41). The second-order valence-corrected chi connectivity index (χ2v) is 10.6. The zero-order valence-corrected chi connectivity index (χ0v) is 23.5. The van der Waals surface area contributed by atoms with Gasteiger partial charge in [-0.15, -0.1) is 0 Å². The van der Waals surface area contributed by atoms with E-state index in [-0.39, 0.29) is 43.6 Å². The lowest BCUT2D eigenvalue weighted by Crippen LogP contribution is -2.47. The van der Waals surface area contributed by atoms with Crippen molar-refractivity contribution in [1.29, 1.82) is 5.26 Å². The first-order valence-electron chi connectivity index (χ1n) is 13.7. The van der Waals surface area contributed by atoms with Crippen molar-refractivity contribution in [2.24, 2.45) is 0 Å². The first-order valence-corrected chi connectivity index (χ1v) is 14.1. The molecule has 1 aliphatic carbocycles. The Morgan fingerprint density at radius 3 is 2.56 bits per heavy atom. The maximum Gasteiger partial charge on any atom is 0.416 e. The molecule has 0 unspecified atom stereocenters. The van der Waals surface area contributed by atoms with Crippen LogP contribution in [-0.4, -0.2) is 44.6 Å². The molecule has 1 heterocycles. The van der Waals surface area contributed by atoms with E-state index in [0.29, 0.717) is 17.2 Å². The second kappa shape index (κ2) is 14.1. The number of aromatic nitrogens is 2. The van der Waals surface area contributed by atoms with Crippen LogP contribution in [-0.2, 0) is 30.5 Å². The number of alkyl halides is 3. The van der Waals surface area contributed by atoms with Gasteiger partial charge >= 0.3 is 6.18 Å². The molecule has 1 fully saturated rings. The molecule has 3 aromatic rings. The monoisotopic (exact) mass is 582 g/mol. The van der Waals surface area contributed by atoms with Gasteiger partial charge in [-0.2, -0.15) is 18.4 Å². The highest BCUT2D eigenvalue weighted by Gasteiger charge is 2.33. The molecule has 0 atom stereocenters. The summed E-state index contributed by atoms with van der Waals surface area (Å²) < 4.78 is 42.9. The number of imidazole rings is 1. The van der Waals surface area contributed by atoms with Crippen molar-refractivity contribution in [3.8, 4) is 6.07 Å². The Kier molecular flexibility index (Phi) is 10.4. The van der Waals surface area contributed by atoms with E-state index >= 15 is 0 Å². The smallest absolute Gasteiger partial charge is 0.360 e. The van der Waals surface area contributed by atoms with Gasteiger partial charge in [0.25, 0.3) is 0 Å². The van der Waals surface area contributed by atoms with E-state index < -0.39 is 11.7 Å². The summed E-state index contributed by atoms with van der Waals surface area (Å²) in [6.07, 6.45) is 4.20. The minimum atomic E-state index is -4.48. The van der Waals surface area contributed by atoms with E-state index in [1.165, 1.54) is 18.6 Å². The minimum Gasteiger partial charge on any atom is -0.360 e. The molecule has 41 heavy (non-hydrogen) atoms. The molecule has 216 valence electrons. The zero-order valence-electron chi connectivity index (χ0n) is 22.7. The van der Waals surface area contributed by atoms with Crippen LogP contribution in [0, 0.1) is 11.3 Å². The molecular weight excluding hydrogens is 549 g/mol. The topological polar surface area (TPSA) is 86.0 Å². The van der Waals surface area contributed by atoms with E-state index in [1.54, 1.807) is 35.6 Å². The summed E-state index contributed by atoms with van der Waals surface area (Å²) in [4.78, 5) is 18.7. The third-order valence-corrected chi connectivity index (χ3v) is 7.56. The number of nitrogens with one attached hydrogen (secondary N) is 2. The molecule has 0 bridgehead atoms. The molecule has 1 aromatic heterocycles. The highest BCUT2D eigenvalue weighted by Crippen LogP contribution is 2.32. The Balaban J connectivity index is 1.37. The lowest BCUT2D eigenvalue weighted by Gasteiger charge is -2.31. The highest BCUT2D eigenvalue weighted by molar-refractivity contribution is 7.80. The van der Waals surface area contributed by atoms with E-state index in [9.17, 15) is 18.0 Å². The molecule has 11 heteroatoms. The normalized spacial score (nSPS) is 13.8. The van der Waals surface area contributed by atoms with Crippen molar-refractivity contribution in [2.75, 3.05) is 13.1 Å². The number of amides is 1. The zero-order chi connectivity index (χ0) is 29.2. The number of carbonyl (C=O) groups is 1. The van der Waals surface area contributed by atoms with Crippen LogP contribution in [0.1, 0.15) is 60.1 Å². The van der Waals surface area contributed by atoms with Gasteiger partial charge in [0, 0.05) is 44.1 Å². The maximum atomic E-state index is 13.7. The quantitative estimate of drug-likeness (QED) is 0.320. The first-order chi connectivity index (χ1) is 19.7. The molecule has 4 rings (SSSR count). The predicted molar refractivity (Wildman–Crippen MR) is 154 cm³/mol. The lowest BCUT2D eigenvalue weighted by molar-refractivity contribution is -0.138. The van der Waals surface area contributed by atoms with Crippen LogP contribution in [0.25, 0.3) is 0 Å². The summed E-state index contributed by atoms with van der Waals surface area (Å²) in [5.74, 6) is -0.228. The average molecular weight is 583 g/mol. The van der Waals surface area contributed by atoms with Crippen LogP contribution in [0.5, 0.6) is 0 Å². The molecule has 0 saturated heterocycles. The maximum absolute atomic E-state index is 13.7. The van der Waals surface area contributed by atoms with Crippen LogP contribution in [0.2, 0.25) is 0 Å². The first kappa shape index (κ1) is 30.1. The van der Waals surface area contributed by atoms with Crippen molar-refractivity contribution in [3.05, 3.63) is 89.0 Å². The average Bonchev–Trinajstić information content (AvgIpc) is 3.39. The number of nitriles is 1. The van der Waals surface area contributed by atoms with Crippen molar-refractivity contribution in [2.45, 2.75) is 63.8 Å². The fourth-order valence-electron chi connectivity index (χ4n) is 4.98. The van der Waals surface area contributed by atoms with E-state index in [1.807, 2.05) is 16.7 Å².